The molecule has 1 N–H and O–H groups in total. The first-order valence-corrected chi connectivity index (χ1v) is 12.3. The molecule has 0 radical (unpaired) electrons. The molecule has 0 aromatic heterocycles. The number of likely N-dealkylation sites (tertiary alicyclic amines) is 1. The summed E-state index contributed by atoms with van der Waals surface area (Å²) in [5.41, 5.74) is 7.24. The van der Waals surface area contributed by atoms with Crippen molar-refractivity contribution >= 4 is 17.7 Å². The second-order valence-corrected chi connectivity index (χ2v) is 10.0. The fourth-order valence-corrected chi connectivity index (χ4v) is 5.27. The Morgan fingerprint density at radius 2 is 1.59 bits per heavy atom. The number of carbonyl (C=O) groups excluding carboxylic acids is 1. The predicted octanol–water partition coefficient (Wildman–Crippen LogP) is 6.59. The lowest BCUT2D eigenvalue weighted by molar-refractivity contribution is -0.926. The van der Waals surface area contributed by atoms with E-state index in [2.05, 4.69) is 42.7 Å². The average molecular weight is 456 g/mol. The van der Waals surface area contributed by atoms with Gasteiger partial charge in [0.2, 0.25) is 0 Å². The quantitative estimate of drug-likeness (QED) is 0.432. The van der Waals surface area contributed by atoms with Crippen molar-refractivity contribution in [3.05, 3.63) is 94.8 Å². The van der Waals surface area contributed by atoms with Gasteiger partial charge in [0, 0.05) is 16.8 Å². The second kappa shape index (κ2) is 9.55. The SMILES string of the molecule is C[N+]1(Cc2ccc(NC(=O)C3=Cc4cc(-c5ccc(F)cc5)ccc4CC3)cc2)CCCCC1. The Morgan fingerprint density at radius 1 is 0.882 bits per heavy atom. The van der Waals surface area contributed by atoms with Crippen LogP contribution in [0.1, 0.15) is 42.4 Å². The minimum Gasteiger partial charge on any atom is -0.322 e. The zero-order valence-electron chi connectivity index (χ0n) is 19.8. The number of carbonyl (C=O) groups is 1. The normalized spacial score (nSPS) is 16.9. The number of hydrogen-bond donors (Lipinski definition) is 1. The molecule has 174 valence electrons. The Hall–Kier alpha value is -3.24. The first kappa shape index (κ1) is 22.5. The third kappa shape index (κ3) is 5.13. The summed E-state index contributed by atoms with van der Waals surface area (Å²) in [6, 6.07) is 21.1. The molecule has 0 spiro atoms. The minimum atomic E-state index is -0.240. The molecule has 0 atom stereocenters. The number of quaternary nitrogens is 1. The van der Waals surface area contributed by atoms with Crippen molar-refractivity contribution in [3.8, 4) is 11.1 Å². The van der Waals surface area contributed by atoms with Crippen LogP contribution in [0.3, 0.4) is 0 Å². The molecule has 1 amide bonds. The van der Waals surface area contributed by atoms with E-state index in [9.17, 15) is 9.18 Å². The first-order valence-electron chi connectivity index (χ1n) is 12.3. The molecule has 2 aliphatic rings. The van der Waals surface area contributed by atoms with Gasteiger partial charge in [0.25, 0.3) is 5.91 Å². The van der Waals surface area contributed by atoms with Gasteiger partial charge in [0.1, 0.15) is 12.4 Å². The standard InChI is InChI=1S/C30H31FN2O/c1-33(17-3-2-4-18-33)21-22-5-15-29(16-6-22)32-30(34)26-10-8-24-7-9-25(19-27(24)20-26)23-11-13-28(31)14-12-23/h5-7,9,11-16,19-20H,2-4,8,10,17-18,21H2,1H3/p+1. The molecular weight excluding hydrogens is 423 g/mol. The number of hydrogen-bond acceptors (Lipinski definition) is 1. The first-order chi connectivity index (χ1) is 16.5. The van der Waals surface area contributed by atoms with E-state index in [1.165, 1.54) is 55.6 Å². The lowest BCUT2D eigenvalue weighted by atomic mass is 9.89. The molecule has 4 heteroatoms. The summed E-state index contributed by atoms with van der Waals surface area (Å²) in [5.74, 6) is -0.281. The Morgan fingerprint density at radius 3 is 2.32 bits per heavy atom. The van der Waals surface area contributed by atoms with Crippen molar-refractivity contribution in [1.29, 1.82) is 0 Å². The third-order valence-corrected chi connectivity index (χ3v) is 7.28. The van der Waals surface area contributed by atoms with E-state index in [0.717, 1.165) is 51.8 Å². The highest BCUT2D eigenvalue weighted by Gasteiger charge is 2.25. The zero-order chi connectivity index (χ0) is 23.5. The van der Waals surface area contributed by atoms with E-state index in [4.69, 9.17) is 0 Å². The molecule has 1 heterocycles. The molecule has 5 rings (SSSR count). The molecule has 0 saturated carbocycles. The van der Waals surface area contributed by atoms with Gasteiger partial charge in [0.05, 0.1) is 20.1 Å². The average Bonchev–Trinajstić information content (AvgIpc) is 2.85. The number of rotatable bonds is 5. The number of fused-ring (bicyclic) bond motifs is 1. The summed E-state index contributed by atoms with van der Waals surface area (Å²) >= 11 is 0. The molecule has 34 heavy (non-hydrogen) atoms. The lowest BCUT2D eigenvalue weighted by Gasteiger charge is -2.37. The summed E-state index contributed by atoms with van der Waals surface area (Å²) in [5, 5.41) is 3.08. The highest BCUT2D eigenvalue weighted by atomic mass is 19.1. The van der Waals surface area contributed by atoms with E-state index in [1.54, 1.807) is 12.1 Å². The number of anilines is 1. The summed E-state index contributed by atoms with van der Waals surface area (Å²) in [6.07, 6.45) is 7.54. The second-order valence-electron chi connectivity index (χ2n) is 10.0. The van der Waals surface area contributed by atoms with Crippen LogP contribution in [0.25, 0.3) is 17.2 Å². The molecule has 1 aliphatic heterocycles. The number of aryl methyl sites for hydroxylation is 1. The van der Waals surface area contributed by atoms with E-state index in [1.807, 2.05) is 18.2 Å². The van der Waals surface area contributed by atoms with Crippen molar-refractivity contribution in [2.24, 2.45) is 0 Å². The van der Waals surface area contributed by atoms with E-state index in [-0.39, 0.29) is 11.7 Å². The van der Waals surface area contributed by atoms with Gasteiger partial charge in [-0.05, 0) is 90.8 Å². The number of nitrogens with one attached hydrogen (secondary N) is 1. The minimum absolute atomic E-state index is 0.0411. The molecule has 3 nitrogen and oxygen atoms in total. The largest absolute Gasteiger partial charge is 0.322 e. The van der Waals surface area contributed by atoms with E-state index < -0.39 is 0 Å². The van der Waals surface area contributed by atoms with Crippen molar-refractivity contribution in [2.75, 3.05) is 25.5 Å². The summed E-state index contributed by atoms with van der Waals surface area (Å²) in [4.78, 5) is 13.0. The van der Waals surface area contributed by atoms with Crippen molar-refractivity contribution < 1.29 is 13.7 Å². The molecular formula is C30H32FN2O+. The van der Waals surface area contributed by atoms with Crippen LogP contribution >= 0.6 is 0 Å². The van der Waals surface area contributed by atoms with Crippen LogP contribution in [0.15, 0.2) is 72.3 Å². The van der Waals surface area contributed by atoms with Gasteiger partial charge in [-0.1, -0.05) is 36.4 Å². The zero-order valence-corrected chi connectivity index (χ0v) is 19.8. The highest BCUT2D eigenvalue weighted by Crippen LogP contribution is 2.30. The molecule has 0 unspecified atom stereocenters. The van der Waals surface area contributed by atoms with Crippen LogP contribution in [0, 0.1) is 5.82 Å². The highest BCUT2D eigenvalue weighted by molar-refractivity contribution is 6.07. The van der Waals surface area contributed by atoms with Gasteiger partial charge >= 0.3 is 0 Å². The fourth-order valence-electron chi connectivity index (χ4n) is 5.27. The van der Waals surface area contributed by atoms with Crippen LogP contribution in [-0.4, -0.2) is 30.5 Å². The Kier molecular flexibility index (Phi) is 6.34. The Labute approximate surface area is 201 Å². The van der Waals surface area contributed by atoms with Crippen molar-refractivity contribution in [3.63, 3.8) is 0 Å². The van der Waals surface area contributed by atoms with Crippen LogP contribution in [0.4, 0.5) is 10.1 Å². The van der Waals surface area contributed by atoms with Gasteiger partial charge in [-0.15, -0.1) is 0 Å². The maximum absolute atomic E-state index is 13.3. The monoisotopic (exact) mass is 455 g/mol. The molecule has 1 saturated heterocycles. The summed E-state index contributed by atoms with van der Waals surface area (Å²) in [6.45, 7) is 3.54. The summed E-state index contributed by atoms with van der Waals surface area (Å²) < 4.78 is 14.4. The third-order valence-electron chi connectivity index (χ3n) is 7.28. The predicted molar refractivity (Wildman–Crippen MR) is 137 cm³/mol. The lowest BCUT2D eigenvalue weighted by Crippen LogP contribution is -2.46. The number of halogens is 1. The maximum Gasteiger partial charge on any atom is 0.251 e. The van der Waals surface area contributed by atoms with E-state index >= 15 is 0 Å². The maximum atomic E-state index is 13.3. The van der Waals surface area contributed by atoms with Crippen LogP contribution < -0.4 is 5.32 Å². The smallest absolute Gasteiger partial charge is 0.251 e. The molecule has 3 aromatic carbocycles. The van der Waals surface area contributed by atoms with Gasteiger partial charge in [-0.3, -0.25) is 4.79 Å². The van der Waals surface area contributed by atoms with Gasteiger partial charge in [-0.2, -0.15) is 0 Å². The fraction of sp³-hybridized carbons (Fsp3) is 0.300. The number of amides is 1. The number of piperidine rings is 1. The van der Waals surface area contributed by atoms with E-state index in [0.29, 0.717) is 0 Å². The number of nitrogens with zero attached hydrogens (tertiary/aromatic N) is 1. The molecule has 1 fully saturated rings. The van der Waals surface area contributed by atoms with Gasteiger partial charge < -0.3 is 9.80 Å². The molecule has 3 aromatic rings. The van der Waals surface area contributed by atoms with Crippen molar-refractivity contribution in [2.45, 2.75) is 38.6 Å². The van der Waals surface area contributed by atoms with Crippen molar-refractivity contribution in [1.82, 2.24) is 0 Å². The van der Waals surface area contributed by atoms with Gasteiger partial charge in [-0.25, -0.2) is 4.39 Å². The van der Waals surface area contributed by atoms with Crippen LogP contribution in [0.5, 0.6) is 0 Å². The van der Waals surface area contributed by atoms with Crippen LogP contribution in [-0.2, 0) is 17.8 Å². The number of benzene rings is 3. The Bertz CT molecular complexity index is 1210. The molecule has 1 aliphatic carbocycles. The van der Waals surface area contributed by atoms with Crippen LogP contribution in [0.2, 0.25) is 0 Å². The van der Waals surface area contributed by atoms with Gasteiger partial charge in [0.15, 0.2) is 0 Å². The topological polar surface area (TPSA) is 29.1 Å². The molecule has 0 bridgehead atoms. The summed E-state index contributed by atoms with van der Waals surface area (Å²) in [7, 11) is 2.35. The Balaban J connectivity index is 1.27.